The van der Waals surface area contributed by atoms with Crippen LogP contribution in [0.15, 0.2) is 96.1 Å². The number of amides is 2. The summed E-state index contributed by atoms with van der Waals surface area (Å²) in [4.78, 5) is 36.8. The fourth-order valence-electron chi connectivity index (χ4n) is 4.59. The Kier molecular flexibility index (Phi) is 7.56. The van der Waals surface area contributed by atoms with Gasteiger partial charge in [-0.25, -0.2) is 4.39 Å². The fourth-order valence-corrected chi connectivity index (χ4v) is 4.59. The van der Waals surface area contributed by atoms with Crippen LogP contribution in [-0.4, -0.2) is 41.5 Å². The zero-order valence-electron chi connectivity index (χ0n) is 21.7. The molecule has 2 amide bonds. The summed E-state index contributed by atoms with van der Waals surface area (Å²) < 4.78 is 13.9. The van der Waals surface area contributed by atoms with E-state index < -0.39 is 11.7 Å². The summed E-state index contributed by atoms with van der Waals surface area (Å²) in [6.07, 6.45) is 1.57. The van der Waals surface area contributed by atoms with E-state index in [-0.39, 0.29) is 18.4 Å². The van der Waals surface area contributed by atoms with Crippen LogP contribution in [0.3, 0.4) is 0 Å². The van der Waals surface area contributed by atoms with E-state index >= 15 is 0 Å². The van der Waals surface area contributed by atoms with Gasteiger partial charge in [0.2, 0.25) is 5.91 Å². The summed E-state index contributed by atoms with van der Waals surface area (Å²) >= 11 is 0. The van der Waals surface area contributed by atoms with Crippen molar-refractivity contribution in [3.8, 4) is 0 Å². The third kappa shape index (κ3) is 6.08. The van der Waals surface area contributed by atoms with Crippen molar-refractivity contribution in [1.29, 1.82) is 0 Å². The molecule has 2 N–H and O–H groups in total. The molecule has 0 saturated carbocycles. The van der Waals surface area contributed by atoms with E-state index in [4.69, 9.17) is 4.99 Å². The quantitative estimate of drug-likeness (QED) is 0.317. The van der Waals surface area contributed by atoms with Gasteiger partial charge in [-0.05, 0) is 78.8 Å². The highest BCUT2D eigenvalue weighted by Gasteiger charge is 2.35. The van der Waals surface area contributed by atoms with E-state index in [2.05, 4.69) is 20.5 Å². The molecule has 39 heavy (non-hydrogen) atoms. The fraction of sp³-hybridized carbons (Fsp3) is 0.161. The zero-order valence-corrected chi connectivity index (χ0v) is 21.7. The molecule has 1 aliphatic rings. The van der Waals surface area contributed by atoms with Gasteiger partial charge in [0.15, 0.2) is 0 Å². The molecular weight excluding hydrogens is 493 g/mol. The first-order valence-electron chi connectivity index (χ1n) is 12.6. The Morgan fingerprint density at radius 1 is 1.00 bits per heavy atom. The Bertz CT molecular complexity index is 1530. The number of nitrogens with one attached hydrogen (secondary N) is 2. The maximum Gasteiger partial charge on any atom is 0.270 e. The molecule has 0 saturated heterocycles. The maximum atomic E-state index is 13.9. The average Bonchev–Trinajstić information content (AvgIpc) is 3.26. The predicted molar refractivity (Wildman–Crippen MR) is 150 cm³/mol. The van der Waals surface area contributed by atoms with E-state index in [0.717, 1.165) is 23.2 Å². The lowest BCUT2D eigenvalue weighted by Crippen LogP contribution is -2.24. The molecule has 1 atom stereocenters. The second-order valence-corrected chi connectivity index (χ2v) is 9.65. The van der Waals surface area contributed by atoms with Crippen molar-refractivity contribution in [1.82, 2.24) is 15.2 Å². The third-order valence-electron chi connectivity index (χ3n) is 6.38. The summed E-state index contributed by atoms with van der Waals surface area (Å²) in [6, 6.07) is 24.9. The largest absolute Gasteiger partial charge is 0.347 e. The number of nitrogens with zero attached hydrogens (tertiary/aromatic N) is 3. The Morgan fingerprint density at radius 3 is 2.56 bits per heavy atom. The monoisotopic (exact) mass is 521 g/mol. The predicted octanol–water partition coefficient (Wildman–Crippen LogP) is 5.07. The zero-order chi connectivity index (χ0) is 27.4. The molecule has 1 aromatic heterocycles. The van der Waals surface area contributed by atoms with Crippen LogP contribution in [0.5, 0.6) is 0 Å². The number of hydrogen-bond donors (Lipinski definition) is 2. The first kappa shape index (κ1) is 25.9. The standard InChI is InChI=1S/C31H28FN5O2/c1-37(2)19-20-9-12-24(13-10-20)35-29(28-25-14-11-23(32)17-27(25)36-31(28)39)22-7-5-6-21(16-22)18-34-30(38)26-8-3-4-15-33-26/h3-17,28H,18-19H2,1-2H3,(H,34,38)(H,36,39). The minimum atomic E-state index is -0.722. The highest BCUT2D eigenvalue weighted by atomic mass is 19.1. The van der Waals surface area contributed by atoms with Gasteiger partial charge >= 0.3 is 0 Å². The van der Waals surface area contributed by atoms with Crippen LogP contribution in [0.2, 0.25) is 0 Å². The lowest BCUT2D eigenvalue weighted by Gasteiger charge is -2.16. The smallest absolute Gasteiger partial charge is 0.270 e. The Morgan fingerprint density at radius 2 is 1.82 bits per heavy atom. The average molecular weight is 522 g/mol. The minimum absolute atomic E-state index is 0.271. The third-order valence-corrected chi connectivity index (χ3v) is 6.38. The summed E-state index contributed by atoms with van der Waals surface area (Å²) in [5.41, 5.74) is 5.39. The highest BCUT2D eigenvalue weighted by molar-refractivity contribution is 6.24. The number of halogens is 1. The number of aliphatic imine (C=N–C) groups is 1. The number of fused-ring (bicyclic) bond motifs is 1. The molecule has 0 fully saturated rings. The molecule has 1 aliphatic heterocycles. The lowest BCUT2D eigenvalue weighted by molar-refractivity contribution is -0.115. The molecule has 8 heteroatoms. The van der Waals surface area contributed by atoms with E-state index in [1.54, 1.807) is 30.5 Å². The molecule has 0 aliphatic carbocycles. The second-order valence-electron chi connectivity index (χ2n) is 9.65. The molecule has 5 rings (SSSR count). The van der Waals surface area contributed by atoms with Gasteiger partial charge in [-0.3, -0.25) is 19.6 Å². The summed E-state index contributed by atoms with van der Waals surface area (Å²) in [7, 11) is 4.02. The molecule has 196 valence electrons. The molecule has 4 aromatic rings. The molecule has 7 nitrogen and oxygen atoms in total. The van der Waals surface area contributed by atoms with Gasteiger partial charge in [-0.15, -0.1) is 0 Å². The number of carbonyl (C=O) groups excluding carboxylic acids is 2. The van der Waals surface area contributed by atoms with Crippen LogP contribution < -0.4 is 10.6 Å². The molecule has 2 heterocycles. The van der Waals surface area contributed by atoms with E-state index in [1.165, 1.54) is 12.1 Å². The Hall–Kier alpha value is -4.69. The first-order chi connectivity index (χ1) is 18.9. The molecule has 0 radical (unpaired) electrons. The normalized spacial score (nSPS) is 14.7. The number of aromatic nitrogens is 1. The van der Waals surface area contributed by atoms with Crippen molar-refractivity contribution in [3.63, 3.8) is 0 Å². The van der Waals surface area contributed by atoms with Gasteiger partial charge in [0.25, 0.3) is 5.91 Å². The number of anilines is 1. The van der Waals surface area contributed by atoms with Gasteiger partial charge in [0, 0.05) is 25.0 Å². The lowest BCUT2D eigenvalue weighted by atomic mass is 9.90. The second kappa shape index (κ2) is 11.4. The van der Waals surface area contributed by atoms with E-state index in [1.807, 2.05) is 62.6 Å². The van der Waals surface area contributed by atoms with Crippen molar-refractivity contribution >= 4 is 28.9 Å². The summed E-state index contributed by atoms with van der Waals surface area (Å²) in [6.45, 7) is 1.07. The highest BCUT2D eigenvalue weighted by Crippen LogP contribution is 2.37. The van der Waals surface area contributed by atoms with Crippen molar-refractivity contribution < 1.29 is 14.0 Å². The molecular formula is C31H28FN5O2. The van der Waals surface area contributed by atoms with Gasteiger partial charge in [0.05, 0.1) is 11.4 Å². The maximum absolute atomic E-state index is 13.9. The molecule has 0 bridgehead atoms. The summed E-state index contributed by atoms with van der Waals surface area (Å²) in [5, 5.41) is 5.69. The number of carbonyl (C=O) groups is 2. The minimum Gasteiger partial charge on any atom is -0.347 e. The molecule has 0 spiro atoms. The van der Waals surface area contributed by atoms with Crippen LogP contribution in [0.1, 0.15) is 38.7 Å². The van der Waals surface area contributed by atoms with Gasteiger partial charge in [-0.2, -0.15) is 0 Å². The van der Waals surface area contributed by atoms with Crippen molar-refractivity contribution in [2.24, 2.45) is 4.99 Å². The molecule has 1 unspecified atom stereocenters. The van der Waals surface area contributed by atoms with Crippen molar-refractivity contribution in [3.05, 3.63) is 125 Å². The number of hydrogen-bond acceptors (Lipinski definition) is 5. The summed E-state index contributed by atoms with van der Waals surface area (Å²) in [5.74, 6) is -1.69. The van der Waals surface area contributed by atoms with Crippen LogP contribution in [0.4, 0.5) is 15.8 Å². The van der Waals surface area contributed by atoms with Gasteiger partial charge in [0.1, 0.15) is 17.4 Å². The Balaban J connectivity index is 1.49. The first-order valence-corrected chi connectivity index (χ1v) is 12.6. The van der Waals surface area contributed by atoms with E-state index in [0.29, 0.717) is 28.3 Å². The van der Waals surface area contributed by atoms with Gasteiger partial charge in [-0.1, -0.05) is 42.5 Å². The van der Waals surface area contributed by atoms with Crippen molar-refractivity contribution in [2.75, 3.05) is 19.4 Å². The SMILES string of the molecule is CN(C)Cc1ccc(N=C(c2cccc(CNC(=O)c3ccccn3)c2)C2C(=O)Nc3cc(F)ccc32)cc1. The van der Waals surface area contributed by atoms with Crippen LogP contribution in [0, 0.1) is 5.82 Å². The van der Waals surface area contributed by atoms with Crippen LogP contribution >= 0.6 is 0 Å². The number of rotatable bonds is 8. The van der Waals surface area contributed by atoms with E-state index in [9.17, 15) is 14.0 Å². The van der Waals surface area contributed by atoms with Crippen molar-refractivity contribution in [2.45, 2.75) is 19.0 Å². The number of benzene rings is 3. The van der Waals surface area contributed by atoms with Crippen LogP contribution in [0.25, 0.3) is 0 Å². The molecule has 3 aromatic carbocycles. The van der Waals surface area contributed by atoms with Crippen LogP contribution in [-0.2, 0) is 17.9 Å². The Labute approximate surface area is 226 Å². The topological polar surface area (TPSA) is 86.7 Å². The number of pyridine rings is 1. The van der Waals surface area contributed by atoms with Gasteiger partial charge < -0.3 is 15.5 Å².